The first kappa shape index (κ1) is 102. The maximum Gasteiger partial charge on any atom is 0.470 e. The summed E-state index contributed by atoms with van der Waals surface area (Å²) in [7, 11) is -41.6. The number of carbonyl (C=O) groups excluding carboxylic acids is 3. The van der Waals surface area contributed by atoms with Crippen molar-refractivity contribution in [2.24, 2.45) is 46.3 Å². The summed E-state index contributed by atoms with van der Waals surface area (Å²) < 4.78 is 343. The molecule has 43 heteroatoms. The van der Waals surface area contributed by atoms with Crippen molar-refractivity contribution in [3.8, 4) is 0 Å². The summed E-state index contributed by atoms with van der Waals surface area (Å²) in [6.45, 7) is 15.6. The van der Waals surface area contributed by atoms with E-state index in [4.69, 9.17) is 4.74 Å². The Morgan fingerprint density at radius 3 is 1.08 bits per heavy atom. The normalized spacial score (nSPS) is 27.2. The van der Waals surface area contributed by atoms with Crippen molar-refractivity contribution in [1.82, 2.24) is 0 Å². The lowest BCUT2D eigenvalue weighted by Gasteiger charge is -2.55. The van der Waals surface area contributed by atoms with Gasteiger partial charge in [-0.2, -0.15) is 57.1 Å². The van der Waals surface area contributed by atoms with Gasteiger partial charge in [0, 0.05) is 12.5 Å². The number of esters is 3. The van der Waals surface area contributed by atoms with Crippen LogP contribution in [-0.4, -0.2) is 151 Å². The Hall–Kier alpha value is -4.53. The molecule has 0 atom stereocenters. The van der Waals surface area contributed by atoms with Crippen LogP contribution in [0.15, 0.2) is 24.3 Å². The van der Waals surface area contributed by atoms with Gasteiger partial charge in [0.15, 0.2) is 56.7 Å². The minimum absolute atomic E-state index is 0.0622. The minimum Gasteiger partial charge on any atom is -0.743 e. The first-order valence-electron chi connectivity index (χ1n) is 39.6. The molecule has 0 N–H and O–H groups in total. The largest absolute Gasteiger partial charge is 0.743 e. The number of halogens is 13. The van der Waals surface area contributed by atoms with Crippen molar-refractivity contribution in [1.29, 1.82) is 0 Å². The Labute approximate surface area is 689 Å². The molecule has 0 aromatic heterocycles. The zero-order valence-electron chi connectivity index (χ0n) is 67.7. The average molecular weight is 1860 g/mol. The summed E-state index contributed by atoms with van der Waals surface area (Å²) in [6, 6.07) is 10.2. The van der Waals surface area contributed by atoms with Crippen LogP contribution in [0.1, 0.15) is 295 Å². The van der Waals surface area contributed by atoms with Gasteiger partial charge in [0.05, 0.1) is 34.4 Å². The van der Waals surface area contributed by atoms with E-state index in [2.05, 4.69) is 89.1 Å². The quantitative estimate of drug-likeness (QED) is 0.0315. The number of sulfone groups is 3. The molecule has 11 aliphatic carbocycles. The van der Waals surface area contributed by atoms with Crippen molar-refractivity contribution in [3.63, 3.8) is 0 Å². The summed E-state index contributed by atoms with van der Waals surface area (Å²) in [6.07, 6.45) is 32.8. The third kappa shape index (κ3) is 23.0. The van der Waals surface area contributed by atoms with Crippen LogP contribution in [0.2, 0.25) is 0 Å². The van der Waals surface area contributed by atoms with Crippen LogP contribution in [0.5, 0.6) is 0 Å². The number of alkyl halides is 13. The molecule has 12 aliphatic rings. The molecular weight excluding hydrogens is 1750 g/mol. The molecule has 0 amide bonds. The lowest BCUT2D eigenvalue weighted by molar-refractivity contribution is -0.244. The second-order valence-electron chi connectivity index (χ2n) is 34.8. The van der Waals surface area contributed by atoms with E-state index < -0.39 is 155 Å². The molecule has 0 spiro atoms. The van der Waals surface area contributed by atoms with Gasteiger partial charge in [-0.05, 0) is 245 Å². The SMILES string of the molecule is CS(=O)(=O)[C-](S(C)(=O)=O)S(=O)(=O)C(F)(F)F.Cc1c(C(C)C)cc(C(C)C)cc1C(C)C.Cc1c(C2CCCCC2)cc(C2CCCCC2)cc1C1CCCCC1.O=C(OCC(F)(F)S(=O)(=O)[O-])C12CC3CC(CC(C3)C1)C2.O=C(OCCOC(=O)C(F)(F)S(=O)(=O)[O-])C12CC3CC(CC(C3)C1)C2.O=S1(=O)[N-]S(=O)(=O)C(F)(F)C(F)(F)C1(F)F. The van der Waals surface area contributed by atoms with Gasteiger partial charge in [0.2, 0.25) is 0 Å². The molecule has 11 saturated carbocycles. The van der Waals surface area contributed by atoms with Crippen molar-refractivity contribution < 1.29 is 154 Å². The van der Waals surface area contributed by atoms with Crippen LogP contribution < -0.4 is 0 Å². The molecule has 0 unspecified atom stereocenters. The van der Waals surface area contributed by atoms with Crippen molar-refractivity contribution in [2.75, 3.05) is 32.3 Å². The molecule has 1 heterocycles. The molecule has 8 bridgehead atoms. The highest BCUT2D eigenvalue weighted by Gasteiger charge is 2.82. The number of benzene rings is 2. The topological polar surface area (TPSA) is 378 Å². The van der Waals surface area contributed by atoms with Crippen LogP contribution in [0.25, 0.3) is 4.13 Å². The van der Waals surface area contributed by atoms with E-state index in [0.717, 1.165) is 79.7 Å². The molecule has 684 valence electrons. The van der Waals surface area contributed by atoms with Crippen LogP contribution in [0.3, 0.4) is 0 Å². The maximum atomic E-state index is 13.1. The molecular formula is C76H106F13NO22S7-4. The van der Waals surface area contributed by atoms with E-state index in [-0.39, 0.29) is 12.5 Å². The molecule has 14 rings (SSSR count). The Morgan fingerprint density at radius 2 is 0.798 bits per heavy atom. The van der Waals surface area contributed by atoms with E-state index in [1.807, 2.05) is 0 Å². The van der Waals surface area contributed by atoms with Crippen molar-refractivity contribution in [3.05, 3.63) is 76.8 Å². The summed E-state index contributed by atoms with van der Waals surface area (Å²) >= 11 is 0. The summed E-state index contributed by atoms with van der Waals surface area (Å²) in [5.41, 5.74) is 5.72. The van der Waals surface area contributed by atoms with Crippen molar-refractivity contribution in [2.45, 2.75) is 297 Å². The van der Waals surface area contributed by atoms with Gasteiger partial charge in [0.1, 0.15) is 13.2 Å². The highest BCUT2D eigenvalue weighted by molar-refractivity contribution is 8.28. The highest BCUT2D eigenvalue weighted by Crippen LogP contribution is 2.63. The van der Waals surface area contributed by atoms with Crippen LogP contribution in [0, 0.1) is 64.1 Å². The third-order valence-electron chi connectivity index (χ3n) is 24.6. The smallest absolute Gasteiger partial charge is 0.470 e. The molecule has 0 radical (unpaired) electrons. The van der Waals surface area contributed by atoms with E-state index in [1.54, 1.807) is 22.3 Å². The first-order valence-corrected chi connectivity index (χ1v) is 50.5. The number of hydrogen-bond acceptors (Lipinski definition) is 22. The molecule has 1 aliphatic heterocycles. The zero-order valence-corrected chi connectivity index (χ0v) is 73.4. The van der Waals surface area contributed by atoms with E-state index in [0.29, 0.717) is 72.5 Å². The third-order valence-corrected chi connectivity index (χ3v) is 36.8. The van der Waals surface area contributed by atoms with Gasteiger partial charge < -0.3 is 27.4 Å². The van der Waals surface area contributed by atoms with Gasteiger partial charge in [0.25, 0.3) is 0 Å². The standard InChI is InChI=1S/C25H38.C16H26.C15H20F2O7S.C13H18F2O5S.C4H6F3O6S3.C3F6NO4S2/c1-19-24(21-13-7-3-8-14-21)17-23(20-11-5-2-6-12-20)18-25(19)22-15-9-4-10-16-22;1-10(2)14-8-15(11(3)4)13(7)16(9-14)12(5)6;16-15(17,25(20,21)22)13(19)24-2-1-23-12(18)14-6-9-3-10(7-14)5-11(4-9)8-14;14-13(15,21(17,18)19)7-20-11(16)12-4-8-1-9(5-12)3-10(2-8)6-12;1-14(8,9)3(15(2,10)11)16(12,13)4(5,6)7;4-1(5)2(6,7)15(11,12)10-16(13,14)3(1,8)9/h17-18,20-22H,2-16H2,1H3;8-12H,1-7H3;9-11H,1-8H2,(H,20,21,22);8-10H,1-7H2,(H,17,18,19);1-2H3;/q;;;;2*-1/p-2. The molecule has 119 heavy (non-hydrogen) atoms. The fourth-order valence-corrected chi connectivity index (χ4v) is 29.0. The van der Waals surface area contributed by atoms with E-state index >= 15 is 0 Å². The number of sulfonamides is 2. The highest BCUT2D eigenvalue weighted by atomic mass is 32.3. The second kappa shape index (κ2) is 37.6. The van der Waals surface area contributed by atoms with E-state index in [9.17, 15) is 139 Å². The van der Waals surface area contributed by atoms with Crippen molar-refractivity contribution >= 4 is 87.7 Å². The minimum atomic E-state index is -6.60. The summed E-state index contributed by atoms with van der Waals surface area (Å²) in [4.78, 5) is 35.6. The Balaban J connectivity index is 0.000000199. The number of nitrogens with zero attached hydrogens (tertiary/aromatic N) is 1. The van der Waals surface area contributed by atoms with Gasteiger partial charge in [-0.1, -0.05) is 124 Å². The number of rotatable bonds is 19. The molecule has 2 aromatic carbocycles. The predicted molar refractivity (Wildman–Crippen MR) is 409 cm³/mol. The molecule has 2 aromatic rings. The van der Waals surface area contributed by atoms with Gasteiger partial charge >= 0.3 is 50.4 Å². The maximum absolute atomic E-state index is 13.1. The Bertz CT molecular complexity index is 4600. The van der Waals surface area contributed by atoms with Gasteiger partial charge in [-0.25, -0.2) is 38.5 Å². The monoisotopic (exact) mass is 1860 g/mol. The number of carbonyl (C=O) groups is 3. The molecule has 1 saturated heterocycles. The van der Waals surface area contributed by atoms with E-state index in [1.165, 1.54) is 119 Å². The van der Waals surface area contributed by atoms with Gasteiger partial charge in [-0.15, -0.1) is 0 Å². The summed E-state index contributed by atoms with van der Waals surface area (Å²) in [5, 5.41) is -22.3. The number of ether oxygens (including phenoxy) is 3. The Kier molecular flexibility index (Phi) is 32.1. The fraction of sp³-hybridized carbons (Fsp3) is 0.789. The Morgan fingerprint density at radius 1 is 0.479 bits per heavy atom. The average Bonchev–Trinajstić information content (AvgIpc) is 0.692. The summed E-state index contributed by atoms with van der Waals surface area (Å²) in [5.74, 6) is -2.90. The van der Waals surface area contributed by atoms with Gasteiger partial charge in [-0.3, -0.25) is 34.8 Å². The molecule has 12 fully saturated rings. The molecule has 23 nitrogen and oxygen atoms in total. The first-order chi connectivity index (χ1) is 54.1. The second-order valence-corrected chi connectivity index (χ2v) is 47.8. The van der Waals surface area contributed by atoms with Crippen LogP contribution >= 0.6 is 0 Å². The lowest BCUT2D eigenvalue weighted by atomic mass is 9.49. The number of hydrogen-bond donors (Lipinski definition) is 0. The fourth-order valence-electron chi connectivity index (χ4n) is 19.6. The zero-order chi connectivity index (χ0) is 90.2. The predicted octanol–water partition coefficient (Wildman–Crippen LogP) is 17.1. The lowest BCUT2D eigenvalue weighted by Crippen LogP contribution is -2.64. The van der Waals surface area contributed by atoms with Crippen LogP contribution in [0.4, 0.5) is 57.1 Å². The van der Waals surface area contributed by atoms with Crippen LogP contribution in [-0.2, 0) is 98.4 Å².